The average molecular weight is 311 g/mol. The van der Waals surface area contributed by atoms with Crippen LogP contribution < -0.4 is 16.2 Å². The van der Waals surface area contributed by atoms with Crippen molar-refractivity contribution in [1.82, 2.24) is 10.7 Å². The van der Waals surface area contributed by atoms with E-state index in [1.165, 1.54) is 6.07 Å². The van der Waals surface area contributed by atoms with Crippen molar-refractivity contribution in [3.05, 3.63) is 50.6 Å². The smallest absolute Gasteiger partial charge is 0.300 e. The van der Waals surface area contributed by atoms with Gasteiger partial charge >= 0.3 is 5.69 Å². The monoisotopic (exact) mass is 311 g/mol. The van der Waals surface area contributed by atoms with Crippen molar-refractivity contribution in [3.63, 3.8) is 0 Å². The van der Waals surface area contributed by atoms with E-state index >= 15 is 0 Å². The van der Waals surface area contributed by atoms with Crippen LogP contribution in [-0.2, 0) is 0 Å². The van der Waals surface area contributed by atoms with Crippen LogP contribution in [0, 0.1) is 20.2 Å². The largest absolute Gasteiger partial charge is 0.358 e. The normalized spacial score (nSPS) is 9.57. The number of nitro benzene ring substituents is 2. The third-order valence-corrected chi connectivity index (χ3v) is 2.50. The lowest BCUT2D eigenvalue weighted by Crippen LogP contribution is -2.39. The number of nitrogens with zero attached hydrogens (tertiary/aromatic N) is 2. The molecule has 10 heteroatoms. The Bertz CT molecular complexity index is 604. The number of anilines is 1. The highest BCUT2D eigenvalue weighted by molar-refractivity contribution is 7.80. The third kappa shape index (κ3) is 5.03. The Morgan fingerprint density at radius 2 is 2.00 bits per heavy atom. The van der Waals surface area contributed by atoms with Crippen molar-refractivity contribution in [1.29, 1.82) is 0 Å². The van der Waals surface area contributed by atoms with Crippen LogP contribution in [0.3, 0.4) is 0 Å². The van der Waals surface area contributed by atoms with Crippen molar-refractivity contribution < 1.29 is 9.85 Å². The number of nitro groups is 2. The van der Waals surface area contributed by atoms with Crippen molar-refractivity contribution in [3.8, 4) is 0 Å². The molecule has 0 unspecified atom stereocenters. The van der Waals surface area contributed by atoms with Crippen LogP contribution in [0.15, 0.2) is 30.4 Å². The summed E-state index contributed by atoms with van der Waals surface area (Å²) in [5, 5.41) is 24.5. The zero-order chi connectivity index (χ0) is 16.0. The summed E-state index contributed by atoms with van der Waals surface area (Å²) >= 11 is 4.94. The second kappa shape index (κ2) is 7.14. The highest BCUT2D eigenvalue weighted by atomic mass is 32.1. The summed E-state index contributed by atoms with van der Waals surface area (Å²) in [5.74, 6) is 0. The number of hydrogen-bond acceptors (Lipinski definition) is 6. The van der Waals surface area contributed by atoms with Gasteiger partial charge in [0, 0.05) is 12.6 Å². The number of thiocarbonyl (C=S) groups is 1. The van der Waals surface area contributed by atoms with Gasteiger partial charge in [-0.15, -0.1) is 0 Å². The van der Waals surface area contributed by atoms with Crippen LogP contribution in [0.25, 0.3) is 0 Å². The van der Waals surface area contributed by atoms with Gasteiger partial charge in [-0.05, 0) is 25.2 Å². The molecule has 0 saturated heterocycles. The molecule has 1 rings (SSSR count). The first-order valence-corrected chi connectivity index (χ1v) is 6.09. The molecule has 0 spiro atoms. The maximum atomic E-state index is 10.9. The molecule has 9 nitrogen and oxygen atoms in total. The molecule has 0 atom stereocenters. The molecule has 0 radical (unpaired) electrons. The van der Waals surface area contributed by atoms with Gasteiger partial charge in [0.05, 0.1) is 15.9 Å². The molecule has 1 aromatic carbocycles. The Balaban J connectivity index is 2.79. The molecule has 3 N–H and O–H groups in total. The molecule has 0 heterocycles. The van der Waals surface area contributed by atoms with E-state index in [9.17, 15) is 20.2 Å². The molecule has 0 aromatic heterocycles. The Kier molecular flexibility index (Phi) is 5.55. The summed E-state index contributed by atoms with van der Waals surface area (Å²) < 4.78 is 0. The predicted molar refractivity (Wildman–Crippen MR) is 81.9 cm³/mol. The second-order valence-electron chi connectivity index (χ2n) is 4.11. The van der Waals surface area contributed by atoms with Crippen LogP contribution in [-0.4, -0.2) is 21.5 Å². The number of hydrogen-bond donors (Lipinski definition) is 3. The lowest BCUT2D eigenvalue weighted by molar-refractivity contribution is -0.393. The van der Waals surface area contributed by atoms with E-state index in [0.29, 0.717) is 6.54 Å². The van der Waals surface area contributed by atoms with Crippen molar-refractivity contribution in [2.24, 2.45) is 0 Å². The van der Waals surface area contributed by atoms with Gasteiger partial charge in [-0.3, -0.25) is 31.1 Å². The maximum absolute atomic E-state index is 10.9. The topological polar surface area (TPSA) is 122 Å². The van der Waals surface area contributed by atoms with E-state index in [4.69, 9.17) is 12.2 Å². The van der Waals surface area contributed by atoms with E-state index in [1.54, 1.807) is 0 Å². The molecule has 0 amide bonds. The first-order chi connectivity index (χ1) is 9.81. The van der Waals surface area contributed by atoms with Crippen LogP contribution in [0.2, 0.25) is 0 Å². The lowest BCUT2D eigenvalue weighted by Gasteiger charge is -2.12. The van der Waals surface area contributed by atoms with Crippen LogP contribution in [0.5, 0.6) is 0 Å². The minimum Gasteiger partial charge on any atom is -0.358 e. The first-order valence-electron chi connectivity index (χ1n) is 5.68. The summed E-state index contributed by atoms with van der Waals surface area (Å²) in [6, 6.07) is 3.25. The zero-order valence-corrected chi connectivity index (χ0v) is 11.9. The quantitative estimate of drug-likeness (QED) is 0.315. The number of rotatable bonds is 6. The number of hydrazine groups is 1. The molecule has 0 bridgehead atoms. The summed E-state index contributed by atoms with van der Waals surface area (Å²) in [4.78, 5) is 20.1. The number of nitrogens with one attached hydrogen (secondary N) is 3. The molecule has 0 aliphatic carbocycles. The summed E-state index contributed by atoms with van der Waals surface area (Å²) in [6.45, 7) is 5.95. The fraction of sp³-hybridized carbons (Fsp3) is 0.182. The van der Waals surface area contributed by atoms with Gasteiger partial charge in [0.2, 0.25) is 0 Å². The highest BCUT2D eigenvalue weighted by Gasteiger charge is 2.19. The van der Waals surface area contributed by atoms with Crippen molar-refractivity contribution >= 4 is 34.4 Å². The van der Waals surface area contributed by atoms with E-state index in [2.05, 4.69) is 22.7 Å². The van der Waals surface area contributed by atoms with E-state index in [0.717, 1.165) is 17.7 Å². The molecule has 0 aliphatic rings. The maximum Gasteiger partial charge on any atom is 0.300 e. The Labute approximate surface area is 125 Å². The molecule has 1 aromatic rings. The molecule has 0 aliphatic heterocycles. The van der Waals surface area contributed by atoms with Gasteiger partial charge in [-0.1, -0.05) is 12.2 Å². The Hall–Kier alpha value is -2.75. The molecule has 112 valence electrons. The summed E-state index contributed by atoms with van der Waals surface area (Å²) in [6.07, 6.45) is 0. The molecule has 0 fully saturated rings. The van der Waals surface area contributed by atoms with Gasteiger partial charge in [0.1, 0.15) is 5.69 Å². The predicted octanol–water partition coefficient (Wildman–Crippen LogP) is 1.87. The van der Waals surface area contributed by atoms with Gasteiger partial charge in [-0.25, -0.2) is 0 Å². The van der Waals surface area contributed by atoms with Gasteiger partial charge in [0.25, 0.3) is 5.69 Å². The van der Waals surface area contributed by atoms with E-state index < -0.39 is 15.5 Å². The SMILES string of the molecule is C=C(C)CNC(=S)NNc1ccc([N+](=O)[O-])cc1[N+](=O)[O-]. The van der Waals surface area contributed by atoms with Crippen LogP contribution in [0.4, 0.5) is 17.1 Å². The van der Waals surface area contributed by atoms with Gasteiger partial charge in [-0.2, -0.15) is 0 Å². The zero-order valence-electron chi connectivity index (χ0n) is 11.1. The molecular weight excluding hydrogens is 298 g/mol. The fourth-order valence-electron chi connectivity index (χ4n) is 1.29. The minimum atomic E-state index is -0.721. The molecular formula is C11H13N5O4S. The van der Waals surface area contributed by atoms with E-state index in [1.807, 2.05) is 6.92 Å². The van der Waals surface area contributed by atoms with Crippen molar-refractivity contribution in [2.75, 3.05) is 12.0 Å². The standard InChI is InChI=1S/C11H13N5O4S/c1-7(2)6-12-11(21)14-13-9-4-3-8(15(17)18)5-10(9)16(19)20/h3-5,13H,1,6H2,2H3,(H2,12,14,21). The van der Waals surface area contributed by atoms with Crippen LogP contribution >= 0.6 is 12.2 Å². The molecule has 0 saturated carbocycles. The number of non-ortho nitro benzene ring substituents is 1. The molecule has 21 heavy (non-hydrogen) atoms. The third-order valence-electron chi connectivity index (χ3n) is 2.25. The Morgan fingerprint density at radius 3 is 2.52 bits per heavy atom. The van der Waals surface area contributed by atoms with Crippen LogP contribution in [0.1, 0.15) is 6.92 Å². The number of benzene rings is 1. The fourth-order valence-corrected chi connectivity index (χ4v) is 1.41. The Morgan fingerprint density at radius 1 is 1.33 bits per heavy atom. The van der Waals surface area contributed by atoms with Gasteiger partial charge in [0.15, 0.2) is 5.11 Å². The van der Waals surface area contributed by atoms with E-state index in [-0.39, 0.29) is 16.5 Å². The second-order valence-corrected chi connectivity index (χ2v) is 4.51. The highest BCUT2D eigenvalue weighted by Crippen LogP contribution is 2.28. The minimum absolute atomic E-state index is 0.0603. The summed E-state index contributed by atoms with van der Waals surface area (Å²) in [7, 11) is 0. The first kappa shape index (κ1) is 16.3. The average Bonchev–Trinajstić information content (AvgIpc) is 2.42. The van der Waals surface area contributed by atoms with Gasteiger partial charge < -0.3 is 5.32 Å². The lowest BCUT2D eigenvalue weighted by atomic mass is 10.2. The summed E-state index contributed by atoms with van der Waals surface area (Å²) in [5.41, 5.74) is 5.21. The van der Waals surface area contributed by atoms with Crippen molar-refractivity contribution in [2.45, 2.75) is 6.92 Å².